The average Bonchev–Trinajstić information content (AvgIpc) is 2.61. The number of carbonyl (C=O) groups is 1. The molecule has 0 aliphatic carbocycles. The van der Waals surface area contributed by atoms with E-state index in [9.17, 15) is 23.9 Å². The van der Waals surface area contributed by atoms with Gasteiger partial charge in [-0.2, -0.15) is 0 Å². The Morgan fingerprint density at radius 2 is 2.07 bits per heavy atom. The Morgan fingerprint density at radius 1 is 1.33 bits per heavy atom. The first kappa shape index (κ1) is 18.8. The normalized spacial score (nSPS) is 17.1. The van der Waals surface area contributed by atoms with Gasteiger partial charge in [-0.25, -0.2) is 14.0 Å². The molecule has 1 atom stereocenters. The van der Waals surface area contributed by atoms with Crippen molar-refractivity contribution < 1.29 is 14.3 Å². The van der Waals surface area contributed by atoms with Crippen molar-refractivity contribution >= 4 is 11.8 Å². The van der Waals surface area contributed by atoms with Crippen LogP contribution in [0.4, 0.5) is 10.2 Å². The van der Waals surface area contributed by atoms with Crippen LogP contribution < -0.4 is 21.9 Å². The molecule has 1 aliphatic rings. The number of aromatic carboxylic acids is 1. The fraction of sp³-hybridized carbons (Fsp3) is 0.389. The molecule has 0 amide bonds. The summed E-state index contributed by atoms with van der Waals surface area (Å²) in [6.45, 7) is 0.921. The zero-order valence-electron chi connectivity index (χ0n) is 14.9. The SMILES string of the molecule is Cn1c(=O)cc(N2CCC[C@@H](N)C2)n(Cc2cc(F)ccc2C(=O)O)c1=O. The number of anilines is 1. The number of hydrogen-bond acceptors (Lipinski definition) is 5. The van der Waals surface area contributed by atoms with Gasteiger partial charge in [0.15, 0.2) is 0 Å². The van der Waals surface area contributed by atoms with Crippen LogP contribution in [0.3, 0.4) is 0 Å². The highest BCUT2D eigenvalue weighted by atomic mass is 19.1. The molecule has 0 bridgehead atoms. The van der Waals surface area contributed by atoms with Crippen LogP contribution in [0.15, 0.2) is 33.9 Å². The molecule has 0 spiro atoms. The van der Waals surface area contributed by atoms with Crippen LogP contribution in [0.1, 0.15) is 28.8 Å². The molecular weight excluding hydrogens is 355 g/mol. The number of rotatable bonds is 4. The lowest BCUT2D eigenvalue weighted by molar-refractivity contribution is 0.0695. The summed E-state index contributed by atoms with van der Waals surface area (Å²) < 4.78 is 15.9. The third-order valence-corrected chi connectivity index (χ3v) is 4.79. The lowest BCUT2D eigenvalue weighted by Gasteiger charge is -2.34. The number of halogens is 1. The van der Waals surface area contributed by atoms with Crippen molar-refractivity contribution in [3.63, 3.8) is 0 Å². The van der Waals surface area contributed by atoms with Crippen LogP contribution in [0, 0.1) is 5.82 Å². The third-order valence-electron chi connectivity index (χ3n) is 4.79. The highest BCUT2D eigenvalue weighted by molar-refractivity contribution is 5.89. The second-order valence-electron chi connectivity index (χ2n) is 6.72. The number of nitrogens with zero attached hydrogens (tertiary/aromatic N) is 3. The van der Waals surface area contributed by atoms with Crippen molar-refractivity contribution in [2.75, 3.05) is 18.0 Å². The van der Waals surface area contributed by atoms with Crippen LogP contribution in [-0.4, -0.2) is 39.3 Å². The highest BCUT2D eigenvalue weighted by Gasteiger charge is 2.22. The molecule has 27 heavy (non-hydrogen) atoms. The first-order valence-corrected chi connectivity index (χ1v) is 8.61. The third kappa shape index (κ3) is 3.77. The van der Waals surface area contributed by atoms with Gasteiger partial charge in [0.1, 0.15) is 11.6 Å². The fourth-order valence-corrected chi connectivity index (χ4v) is 3.36. The molecule has 3 rings (SSSR count). The first-order chi connectivity index (χ1) is 12.8. The van der Waals surface area contributed by atoms with Crippen molar-refractivity contribution in [3.05, 3.63) is 62.0 Å². The molecule has 1 fully saturated rings. The number of benzene rings is 1. The summed E-state index contributed by atoms with van der Waals surface area (Å²) in [5.74, 6) is -1.46. The van der Waals surface area contributed by atoms with Crippen molar-refractivity contribution in [1.29, 1.82) is 0 Å². The number of hydrogen-bond donors (Lipinski definition) is 2. The molecule has 9 heteroatoms. The van der Waals surface area contributed by atoms with Crippen molar-refractivity contribution in [1.82, 2.24) is 9.13 Å². The number of carboxylic acid groups (broad SMARTS) is 1. The number of piperidine rings is 1. The molecule has 1 aromatic carbocycles. The van der Waals surface area contributed by atoms with Gasteiger partial charge >= 0.3 is 11.7 Å². The molecule has 2 aromatic rings. The number of nitrogens with two attached hydrogens (primary N) is 1. The number of aromatic nitrogens is 2. The van der Waals surface area contributed by atoms with Crippen LogP contribution >= 0.6 is 0 Å². The van der Waals surface area contributed by atoms with Gasteiger partial charge in [-0.3, -0.25) is 13.9 Å². The molecule has 0 unspecified atom stereocenters. The fourth-order valence-electron chi connectivity index (χ4n) is 3.36. The number of carboxylic acids is 1. The van der Waals surface area contributed by atoms with Gasteiger partial charge in [-0.15, -0.1) is 0 Å². The molecule has 1 aliphatic heterocycles. The molecule has 144 valence electrons. The monoisotopic (exact) mass is 376 g/mol. The summed E-state index contributed by atoms with van der Waals surface area (Å²) in [6, 6.07) is 4.55. The van der Waals surface area contributed by atoms with E-state index in [1.165, 1.54) is 17.7 Å². The quantitative estimate of drug-likeness (QED) is 0.797. The van der Waals surface area contributed by atoms with E-state index in [4.69, 9.17) is 5.73 Å². The van der Waals surface area contributed by atoms with Gasteiger partial charge in [0.05, 0.1) is 12.1 Å². The van der Waals surface area contributed by atoms with Crippen molar-refractivity contribution in [2.24, 2.45) is 12.8 Å². The van der Waals surface area contributed by atoms with Gasteiger partial charge in [0, 0.05) is 32.2 Å². The van der Waals surface area contributed by atoms with Crippen LogP contribution in [-0.2, 0) is 13.6 Å². The van der Waals surface area contributed by atoms with Crippen LogP contribution in [0.5, 0.6) is 0 Å². The van der Waals surface area contributed by atoms with Gasteiger partial charge in [-0.05, 0) is 36.6 Å². The smallest absolute Gasteiger partial charge is 0.336 e. The standard InChI is InChI=1S/C18H21FN4O4/c1-21-16(24)8-15(22-6-2-3-13(20)10-22)23(18(21)27)9-11-7-12(19)4-5-14(11)17(25)26/h4-5,7-8,13H,2-3,6,9-10,20H2,1H3,(H,25,26)/t13-/m1/s1. The summed E-state index contributed by atoms with van der Waals surface area (Å²) in [6.07, 6.45) is 1.66. The average molecular weight is 376 g/mol. The summed E-state index contributed by atoms with van der Waals surface area (Å²) in [5, 5.41) is 9.36. The highest BCUT2D eigenvalue weighted by Crippen LogP contribution is 2.20. The van der Waals surface area contributed by atoms with E-state index in [1.54, 1.807) is 0 Å². The van der Waals surface area contributed by atoms with Crippen molar-refractivity contribution in [3.8, 4) is 0 Å². The van der Waals surface area contributed by atoms with E-state index in [0.29, 0.717) is 18.9 Å². The minimum absolute atomic E-state index is 0.0879. The van der Waals surface area contributed by atoms with E-state index >= 15 is 0 Å². The molecule has 0 radical (unpaired) electrons. The summed E-state index contributed by atoms with van der Waals surface area (Å²) in [7, 11) is 1.34. The molecule has 1 saturated heterocycles. The maximum atomic E-state index is 13.7. The Hall–Kier alpha value is -2.94. The summed E-state index contributed by atoms with van der Waals surface area (Å²) in [4.78, 5) is 38.2. The summed E-state index contributed by atoms with van der Waals surface area (Å²) >= 11 is 0. The zero-order valence-corrected chi connectivity index (χ0v) is 14.9. The molecular formula is C18H21FN4O4. The summed E-state index contributed by atoms with van der Waals surface area (Å²) in [5.41, 5.74) is 4.99. The Balaban J connectivity index is 2.14. The lowest BCUT2D eigenvalue weighted by Crippen LogP contribution is -2.47. The lowest BCUT2D eigenvalue weighted by atomic mass is 10.1. The first-order valence-electron chi connectivity index (χ1n) is 8.61. The van der Waals surface area contributed by atoms with E-state index < -0.39 is 23.0 Å². The molecule has 0 saturated carbocycles. The van der Waals surface area contributed by atoms with Crippen LogP contribution in [0.25, 0.3) is 0 Å². The Kier molecular flexibility index (Phi) is 5.13. The van der Waals surface area contributed by atoms with Crippen LogP contribution in [0.2, 0.25) is 0 Å². The zero-order chi connectivity index (χ0) is 19.7. The Morgan fingerprint density at radius 3 is 2.74 bits per heavy atom. The topological polar surface area (TPSA) is 111 Å². The Labute approximate surface area is 154 Å². The van der Waals surface area contributed by atoms with Gasteiger partial charge in [0.25, 0.3) is 5.56 Å². The molecule has 3 N–H and O–H groups in total. The van der Waals surface area contributed by atoms with Gasteiger partial charge in [-0.1, -0.05) is 0 Å². The second kappa shape index (κ2) is 7.36. The molecule has 1 aromatic heterocycles. The largest absolute Gasteiger partial charge is 0.478 e. The minimum atomic E-state index is -1.22. The minimum Gasteiger partial charge on any atom is -0.478 e. The Bertz CT molecular complexity index is 998. The maximum Gasteiger partial charge on any atom is 0.336 e. The van der Waals surface area contributed by atoms with E-state index in [2.05, 4.69) is 0 Å². The second-order valence-corrected chi connectivity index (χ2v) is 6.72. The van der Waals surface area contributed by atoms with E-state index in [1.807, 2.05) is 4.90 Å². The predicted molar refractivity (Wildman–Crippen MR) is 97.8 cm³/mol. The maximum absolute atomic E-state index is 13.7. The molecule has 2 heterocycles. The predicted octanol–water partition coefficient (Wildman–Crippen LogP) is 0.360. The van der Waals surface area contributed by atoms with Crippen molar-refractivity contribution in [2.45, 2.75) is 25.4 Å². The molecule has 8 nitrogen and oxygen atoms in total. The van der Waals surface area contributed by atoms with Gasteiger partial charge < -0.3 is 15.7 Å². The van der Waals surface area contributed by atoms with E-state index in [-0.39, 0.29) is 23.7 Å². The van der Waals surface area contributed by atoms with E-state index in [0.717, 1.165) is 35.6 Å². The van der Waals surface area contributed by atoms with Gasteiger partial charge in [0.2, 0.25) is 0 Å².